The van der Waals surface area contributed by atoms with Crippen molar-refractivity contribution in [2.24, 2.45) is 0 Å². The van der Waals surface area contributed by atoms with Crippen LogP contribution in [0.1, 0.15) is 20.3 Å². The normalized spacial score (nSPS) is 27.6. The number of nitrogens with zero attached hydrogens (tertiary/aromatic N) is 1. The Morgan fingerprint density at radius 3 is 2.60 bits per heavy atom. The van der Waals surface area contributed by atoms with E-state index in [0.717, 1.165) is 6.54 Å². The van der Waals surface area contributed by atoms with Crippen LogP contribution < -0.4 is 0 Å². The highest BCUT2D eigenvalue weighted by Crippen LogP contribution is 2.09. The largest absolute Gasteiger partial charge is 0.380 e. The van der Waals surface area contributed by atoms with Crippen molar-refractivity contribution in [3.63, 3.8) is 0 Å². The Hall–Kier alpha value is -0.0800. The van der Waals surface area contributed by atoms with Gasteiger partial charge in [0.1, 0.15) is 0 Å². The van der Waals surface area contributed by atoms with E-state index in [9.17, 15) is 0 Å². The van der Waals surface area contributed by atoms with Gasteiger partial charge in [0.25, 0.3) is 0 Å². The number of hydrogen-bond donors (Lipinski definition) is 0. The van der Waals surface area contributed by atoms with Crippen LogP contribution >= 0.6 is 0 Å². The maximum atomic E-state index is 5.22. The molecule has 1 heterocycles. The molecule has 1 aliphatic rings. The van der Waals surface area contributed by atoms with Gasteiger partial charge in [0.15, 0.2) is 0 Å². The van der Waals surface area contributed by atoms with Crippen LogP contribution in [0, 0.1) is 0 Å². The molecule has 0 amide bonds. The fraction of sp³-hybridized carbons (Fsp3) is 1.00. The van der Waals surface area contributed by atoms with E-state index in [4.69, 9.17) is 4.74 Å². The Kier molecular flexibility index (Phi) is 4.65. The van der Waals surface area contributed by atoms with Gasteiger partial charge in [-0.25, -0.2) is 0 Å². The molecule has 0 aromatic rings. The lowest BCUT2D eigenvalue weighted by molar-refractivity contribution is 0.0408. The lowest BCUT2D eigenvalue weighted by Gasteiger charge is -2.28. The second-order valence-electron chi connectivity index (χ2n) is 2.76. The van der Waals surface area contributed by atoms with Gasteiger partial charge in [-0.1, -0.05) is 7.43 Å². The zero-order chi connectivity index (χ0) is 6.69. The minimum atomic E-state index is 0. The number of methoxy groups -OCH3 is 1. The van der Waals surface area contributed by atoms with Crippen molar-refractivity contribution in [1.29, 1.82) is 0 Å². The molecule has 62 valence electrons. The van der Waals surface area contributed by atoms with Crippen molar-refractivity contribution in [3.8, 4) is 0 Å². The minimum Gasteiger partial charge on any atom is -0.380 e. The van der Waals surface area contributed by atoms with Crippen LogP contribution in [0.25, 0.3) is 0 Å². The van der Waals surface area contributed by atoms with Gasteiger partial charge in [0.05, 0.1) is 6.10 Å². The third kappa shape index (κ3) is 2.67. The van der Waals surface area contributed by atoms with Crippen LogP contribution in [0.4, 0.5) is 0 Å². The molecule has 1 aliphatic heterocycles. The van der Waals surface area contributed by atoms with Gasteiger partial charge >= 0.3 is 0 Å². The lowest BCUT2D eigenvalue weighted by Crippen LogP contribution is -2.36. The second kappa shape index (κ2) is 4.69. The van der Waals surface area contributed by atoms with Crippen molar-refractivity contribution in [2.45, 2.75) is 26.4 Å². The molecule has 1 rings (SSSR count). The number of likely N-dealkylation sites (N-methyl/N-ethyl adjacent to an activating group) is 1. The average Bonchev–Trinajstić information content (AvgIpc) is 1.88. The summed E-state index contributed by atoms with van der Waals surface area (Å²) in [6.45, 7) is 2.34. The van der Waals surface area contributed by atoms with Gasteiger partial charge in [0, 0.05) is 13.7 Å². The first-order valence-corrected chi connectivity index (χ1v) is 3.54. The van der Waals surface area contributed by atoms with Gasteiger partial charge < -0.3 is 9.64 Å². The quantitative estimate of drug-likeness (QED) is 0.552. The number of ether oxygens (including phenoxy) is 1. The summed E-state index contributed by atoms with van der Waals surface area (Å²) in [5.41, 5.74) is 0. The average molecular weight is 145 g/mol. The van der Waals surface area contributed by atoms with E-state index >= 15 is 0 Å². The molecule has 0 radical (unpaired) electrons. The summed E-state index contributed by atoms with van der Waals surface area (Å²) < 4.78 is 5.22. The van der Waals surface area contributed by atoms with Gasteiger partial charge in [0.2, 0.25) is 0 Å². The van der Waals surface area contributed by atoms with Crippen LogP contribution in [-0.4, -0.2) is 38.3 Å². The Balaban J connectivity index is 0.000000810. The van der Waals surface area contributed by atoms with Gasteiger partial charge in [-0.15, -0.1) is 0 Å². The van der Waals surface area contributed by atoms with Crippen LogP contribution in [0.3, 0.4) is 0 Å². The Bertz CT molecular complexity index is 85.3. The minimum absolute atomic E-state index is 0. The van der Waals surface area contributed by atoms with Crippen molar-refractivity contribution in [1.82, 2.24) is 4.90 Å². The van der Waals surface area contributed by atoms with E-state index in [2.05, 4.69) is 11.9 Å². The zero-order valence-electron chi connectivity index (χ0n) is 6.26. The van der Waals surface area contributed by atoms with E-state index in [-0.39, 0.29) is 7.43 Å². The summed E-state index contributed by atoms with van der Waals surface area (Å²) in [7, 11) is 3.94. The third-order valence-corrected chi connectivity index (χ3v) is 1.91. The van der Waals surface area contributed by atoms with Gasteiger partial charge in [-0.3, -0.25) is 0 Å². The third-order valence-electron chi connectivity index (χ3n) is 1.91. The number of likely N-dealkylation sites (tertiary alicyclic amines) is 1. The highest BCUT2D eigenvalue weighted by atomic mass is 16.5. The van der Waals surface area contributed by atoms with E-state index in [1.165, 1.54) is 19.4 Å². The van der Waals surface area contributed by atoms with Crippen molar-refractivity contribution in [3.05, 3.63) is 0 Å². The van der Waals surface area contributed by atoms with Gasteiger partial charge in [-0.2, -0.15) is 0 Å². The first-order valence-electron chi connectivity index (χ1n) is 3.54. The molecule has 0 saturated carbocycles. The topological polar surface area (TPSA) is 12.5 Å². The molecule has 0 N–H and O–H groups in total. The molecule has 1 saturated heterocycles. The standard InChI is InChI=1S/C7H15NO.CH4/c1-8-5-3-4-7(6-8)9-2;/h7H,3-6H2,1-2H3;1H4. The molecule has 1 unspecified atom stereocenters. The first-order chi connectivity index (χ1) is 4.33. The second-order valence-corrected chi connectivity index (χ2v) is 2.76. The van der Waals surface area contributed by atoms with Crippen molar-refractivity contribution in [2.75, 3.05) is 27.2 Å². The Labute approximate surface area is 64.2 Å². The number of hydrogen-bond acceptors (Lipinski definition) is 2. The van der Waals surface area contributed by atoms with Crippen molar-refractivity contribution < 1.29 is 4.74 Å². The van der Waals surface area contributed by atoms with Crippen LogP contribution in [0.2, 0.25) is 0 Å². The first kappa shape index (κ1) is 9.92. The highest BCUT2D eigenvalue weighted by molar-refractivity contribution is 4.69. The monoisotopic (exact) mass is 145 g/mol. The molecule has 0 aromatic heterocycles. The summed E-state index contributed by atoms with van der Waals surface area (Å²) in [6.07, 6.45) is 3.01. The highest BCUT2D eigenvalue weighted by Gasteiger charge is 2.15. The molecule has 2 nitrogen and oxygen atoms in total. The molecule has 1 atom stereocenters. The molecule has 0 aliphatic carbocycles. The van der Waals surface area contributed by atoms with Crippen LogP contribution in [0.15, 0.2) is 0 Å². The molecule has 0 bridgehead atoms. The number of piperidine rings is 1. The van der Waals surface area contributed by atoms with E-state index in [1.54, 1.807) is 7.11 Å². The predicted octanol–water partition coefficient (Wildman–Crippen LogP) is 1.36. The summed E-state index contributed by atoms with van der Waals surface area (Å²) in [5, 5.41) is 0. The fourth-order valence-electron chi connectivity index (χ4n) is 1.31. The molecule has 0 aromatic carbocycles. The molecular weight excluding hydrogens is 126 g/mol. The molecular formula is C8H19NO. The molecule has 10 heavy (non-hydrogen) atoms. The smallest absolute Gasteiger partial charge is 0.0698 e. The molecule has 2 heteroatoms. The van der Waals surface area contributed by atoms with Crippen LogP contribution in [-0.2, 0) is 4.74 Å². The Morgan fingerprint density at radius 2 is 2.20 bits per heavy atom. The van der Waals surface area contributed by atoms with Crippen molar-refractivity contribution >= 4 is 0 Å². The maximum absolute atomic E-state index is 5.22. The maximum Gasteiger partial charge on any atom is 0.0698 e. The summed E-state index contributed by atoms with van der Waals surface area (Å²) in [4.78, 5) is 2.32. The van der Waals surface area contributed by atoms with Gasteiger partial charge in [-0.05, 0) is 26.4 Å². The zero-order valence-corrected chi connectivity index (χ0v) is 6.26. The number of rotatable bonds is 1. The summed E-state index contributed by atoms with van der Waals surface area (Å²) in [6, 6.07) is 0. The van der Waals surface area contributed by atoms with E-state index in [0.29, 0.717) is 6.10 Å². The lowest BCUT2D eigenvalue weighted by atomic mass is 10.1. The summed E-state index contributed by atoms with van der Waals surface area (Å²) >= 11 is 0. The predicted molar refractivity (Wildman–Crippen MR) is 44.3 cm³/mol. The Morgan fingerprint density at radius 1 is 1.50 bits per heavy atom. The van der Waals surface area contributed by atoms with E-state index in [1.807, 2.05) is 0 Å². The summed E-state index contributed by atoms with van der Waals surface area (Å²) in [5.74, 6) is 0. The fourth-order valence-corrected chi connectivity index (χ4v) is 1.31. The SMILES string of the molecule is C.COC1CCCN(C)C1. The molecule has 1 fully saturated rings. The van der Waals surface area contributed by atoms with Crippen LogP contribution in [0.5, 0.6) is 0 Å². The molecule has 0 spiro atoms. The van der Waals surface area contributed by atoms with E-state index < -0.39 is 0 Å².